The van der Waals surface area contributed by atoms with E-state index in [1.807, 2.05) is 11.8 Å². The quantitative estimate of drug-likeness (QED) is 0.914. The third kappa shape index (κ3) is 2.61. The Morgan fingerprint density at radius 2 is 2.15 bits per heavy atom. The SMILES string of the molecule is COc1cc(F)ccc1NCC1CSc2ccccc21. The molecule has 0 saturated carbocycles. The summed E-state index contributed by atoms with van der Waals surface area (Å²) in [6, 6.07) is 13.1. The van der Waals surface area contributed by atoms with Gasteiger partial charge in [-0.2, -0.15) is 0 Å². The molecule has 2 aromatic rings. The van der Waals surface area contributed by atoms with Crippen LogP contribution in [0.25, 0.3) is 0 Å². The maximum absolute atomic E-state index is 13.2. The van der Waals surface area contributed by atoms with E-state index in [-0.39, 0.29) is 5.82 Å². The molecule has 1 aliphatic rings. The van der Waals surface area contributed by atoms with Crippen LogP contribution in [0.15, 0.2) is 47.4 Å². The molecular formula is C16H16FNOS. The van der Waals surface area contributed by atoms with Crippen LogP contribution in [0, 0.1) is 5.82 Å². The van der Waals surface area contributed by atoms with Gasteiger partial charge in [0.1, 0.15) is 11.6 Å². The normalized spacial score (nSPS) is 16.8. The van der Waals surface area contributed by atoms with E-state index in [9.17, 15) is 4.39 Å². The van der Waals surface area contributed by atoms with Crippen molar-refractivity contribution in [3.05, 3.63) is 53.8 Å². The highest BCUT2D eigenvalue weighted by Gasteiger charge is 2.22. The Morgan fingerprint density at radius 3 is 3.00 bits per heavy atom. The summed E-state index contributed by atoms with van der Waals surface area (Å²) in [6.45, 7) is 0.825. The van der Waals surface area contributed by atoms with Gasteiger partial charge in [0.15, 0.2) is 0 Å². The van der Waals surface area contributed by atoms with Crippen LogP contribution < -0.4 is 10.1 Å². The average molecular weight is 289 g/mol. The average Bonchev–Trinajstić information content (AvgIpc) is 2.89. The van der Waals surface area contributed by atoms with E-state index in [1.165, 1.54) is 22.6 Å². The monoisotopic (exact) mass is 289 g/mol. The lowest BCUT2D eigenvalue weighted by Gasteiger charge is -2.15. The first kappa shape index (κ1) is 13.3. The summed E-state index contributed by atoms with van der Waals surface area (Å²) in [5.74, 6) is 1.82. The van der Waals surface area contributed by atoms with E-state index in [0.29, 0.717) is 11.7 Å². The van der Waals surface area contributed by atoms with Crippen molar-refractivity contribution in [1.82, 2.24) is 0 Å². The van der Waals surface area contributed by atoms with E-state index in [1.54, 1.807) is 13.2 Å². The standard InChI is InChI=1S/C16H16FNOS/c1-19-15-8-12(17)6-7-14(15)18-9-11-10-20-16-5-3-2-4-13(11)16/h2-8,11,18H,9-10H2,1H3. The van der Waals surface area contributed by atoms with Gasteiger partial charge >= 0.3 is 0 Å². The van der Waals surface area contributed by atoms with Gasteiger partial charge in [-0.3, -0.25) is 0 Å². The lowest BCUT2D eigenvalue weighted by atomic mass is 10.0. The molecule has 3 rings (SSSR count). The highest BCUT2D eigenvalue weighted by atomic mass is 32.2. The summed E-state index contributed by atoms with van der Waals surface area (Å²) in [5.41, 5.74) is 2.23. The van der Waals surface area contributed by atoms with Gasteiger partial charge in [0.2, 0.25) is 0 Å². The van der Waals surface area contributed by atoms with E-state index in [4.69, 9.17) is 4.74 Å². The molecule has 0 saturated heterocycles. The minimum Gasteiger partial charge on any atom is -0.494 e. The van der Waals surface area contributed by atoms with Gasteiger partial charge in [-0.05, 0) is 23.8 Å². The van der Waals surface area contributed by atoms with Gasteiger partial charge in [0.25, 0.3) is 0 Å². The molecule has 0 bridgehead atoms. The maximum atomic E-state index is 13.2. The molecule has 4 heteroatoms. The first-order valence-corrected chi connectivity index (χ1v) is 7.55. The van der Waals surface area contributed by atoms with Gasteiger partial charge in [-0.15, -0.1) is 11.8 Å². The van der Waals surface area contributed by atoms with Crippen molar-refractivity contribution in [2.45, 2.75) is 10.8 Å². The number of thioether (sulfide) groups is 1. The molecule has 2 aromatic carbocycles. The molecule has 1 atom stereocenters. The second-order valence-corrected chi connectivity index (χ2v) is 5.83. The van der Waals surface area contributed by atoms with Crippen molar-refractivity contribution in [3.63, 3.8) is 0 Å². The summed E-state index contributed by atoms with van der Waals surface area (Å²) < 4.78 is 18.4. The molecule has 0 aliphatic carbocycles. The molecule has 1 N–H and O–H groups in total. The number of benzene rings is 2. The van der Waals surface area contributed by atoms with E-state index in [0.717, 1.165) is 18.0 Å². The van der Waals surface area contributed by atoms with E-state index in [2.05, 4.69) is 29.6 Å². The van der Waals surface area contributed by atoms with E-state index >= 15 is 0 Å². The van der Waals surface area contributed by atoms with Gasteiger partial charge in [0.05, 0.1) is 12.8 Å². The zero-order valence-electron chi connectivity index (χ0n) is 11.2. The fraction of sp³-hybridized carbons (Fsp3) is 0.250. The minimum atomic E-state index is -0.283. The molecule has 20 heavy (non-hydrogen) atoms. The van der Waals surface area contributed by atoms with E-state index < -0.39 is 0 Å². The van der Waals surface area contributed by atoms with Gasteiger partial charge in [-0.25, -0.2) is 4.39 Å². The molecule has 0 amide bonds. The van der Waals surface area contributed by atoms with Gasteiger partial charge in [0, 0.05) is 29.2 Å². The Bertz CT molecular complexity index is 617. The predicted molar refractivity (Wildman–Crippen MR) is 81.3 cm³/mol. The van der Waals surface area contributed by atoms with Crippen molar-refractivity contribution in [2.75, 3.05) is 24.7 Å². The number of hydrogen-bond donors (Lipinski definition) is 1. The maximum Gasteiger partial charge on any atom is 0.144 e. The first-order chi connectivity index (χ1) is 9.78. The first-order valence-electron chi connectivity index (χ1n) is 6.57. The second-order valence-electron chi connectivity index (χ2n) is 4.77. The van der Waals surface area contributed by atoms with Crippen molar-refractivity contribution >= 4 is 17.4 Å². The number of ether oxygens (including phenoxy) is 1. The smallest absolute Gasteiger partial charge is 0.144 e. The topological polar surface area (TPSA) is 21.3 Å². The Kier molecular flexibility index (Phi) is 3.83. The molecule has 104 valence electrons. The van der Waals surface area contributed by atoms with Crippen LogP contribution >= 0.6 is 11.8 Å². The molecule has 0 aromatic heterocycles. The zero-order valence-corrected chi connectivity index (χ0v) is 12.0. The molecule has 1 unspecified atom stereocenters. The number of hydrogen-bond acceptors (Lipinski definition) is 3. The number of fused-ring (bicyclic) bond motifs is 1. The van der Waals surface area contributed by atoms with Crippen molar-refractivity contribution in [3.8, 4) is 5.75 Å². The fourth-order valence-corrected chi connectivity index (χ4v) is 3.70. The summed E-state index contributed by atoms with van der Waals surface area (Å²) in [7, 11) is 1.56. The van der Waals surface area contributed by atoms with Crippen LogP contribution in [0.2, 0.25) is 0 Å². The molecule has 1 aliphatic heterocycles. The highest BCUT2D eigenvalue weighted by molar-refractivity contribution is 7.99. The summed E-state index contributed by atoms with van der Waals surface area (Å²) in [6.07, 6.45) is 0. The number of methoxy groups -OCH3 is 1. The predicted octanol–water partition coefficient (Wildman–Crippen LogP) is 4.14. The van der Waals surface area contributed by atoms with Crippen LogP contribution in [-0.4, -0.2) is 19.4 Å². The molecule has 0 spiro atoms. The number of rotatable bonds is 4. The Hall–Kier alpha value is -1.68. The second kappa shape index (κ2) is 5.75. The van der Waals surface area contributed by atoms with Gasteiger partial charge in [-0.1, -0.05) is 18.2 Å². The van der Waals surface area contributed by atoms with Crippen molar-refractivity contribution in [2.24, 2.45) is 0 Å². The highest BCUT2D eigenvalue weighted by Crippen LogP contribution is 2.39. The minimum absolute atomic E-state index is 0.283. The largest absolute Gasteiger partial charge is 0.494 e. The summed E-state index contributed by atoms with van der Waals surface area (Å²) in [4.78, 5) is 1.37. The third-order valence-electron chi connectivity index (χ3n) is 3.50. The van der Waals surface area contributed by atoms with Crippen molar-refractivity contribution < 1.29 is 9.13 Å². The zero-order chi connectivity index (χ0) is 13.9. The molecule has 0 fully saturated rings. The molecule has 0 radical (unpaired) electrons. The molecule has 1 heterocycles. The number of anilines is 1. The van der Waals surface area contributed by atoms with Crippen molar-refractivity contribution in [1.29, 1.82) is 0 Å². The fourth-order valence-electron chi connectivity index (χ4n) is 2.44. The van der Waals surface area contributed by atoms with Crippen LogP contribution in [-0.2, 0) is 0 Å². The lowest BCUT2D eigenvalue weighted by Crippen LogP contribution is -2.12. The van der Waals surface area contributed by atoms with Crippen LogP contribution in [0.4, 0.5) is 10.1 Å². The van der Waals surface area contributed by atoms with Crippen LogP contribution in [0.5, 0.6) is 5.75 Å². The Labute approximate surface area is 122 Å². The Morgan fingerprint density at radius 1 is 1.30 bits per heavy atom. The lowest BCUT2D eigenvalue weighted by molar-refractivity contribution is 0.413. The number of halogens is 1. The van der Waals surface area contributed by atoms with Crippen LogP contribution in [0.1, 0.15) is 11.5 Å². The summed E-state index contributed by atoms with van der Waals surface area (Å²) >= 11 is 1.89. The molecule has 2 nitrogen and oxygen atoms in total. The number of nitrogens with one attached hydrogen (secondary N) is 1. The van der Waals surface area contributed by atoms with Gasteiger partial charge < -0.3 is 10.1 Å². The molecular weight excluding hydrogens is 273 g/mol. The van der Waals surface area contributed by atoms with Crippen LogP contribution in [0.3, 0.4) is 0 Å². The Balaban J connectivity index is 1.72. The third-order valence-corrected chi connectivity index (χ3v) is 4.75. The summed E-state index contributed by atoms with van der Waals surface area (Å²) in [5, 5.41) is 3.37.